The second kappa shape index (κ2) is 6.89. The lowest BCUT2D eigenvalue weighted by Gasteiger charge is -2.11. The van der Waals surface area contributed by atoms with E-state index in [0.29, 0.717) is 22.9 Å². The molecule has 0 saturated carbocycles. The van der Waals surface area contributed by atoms with Crippen molar-refractivity contribution >= 4 is 33.2 Å². The van der Waals surface area contributed by atoms with Gasteiger partial charge in [0.15, 0.2) is 0 Å². The smallest absolute Gasteiger partial charge is 0.277 e. The first-order valence-electron chi connectivity index (χ1n) is 6.05. The summed E-state index contributed by atoms with van der Waals surface area (Å²) in [6.07, 6.45) is 0. The van der Waals surface area contributed by atoms with Crippen LogP contribution < -0.4 is 10.5 Å². The van der Waals surface area contributed by atoms with Crippen molar-refractivity contribution in [2.75, 3.05) is 0 Å². The number of benzene rings is 2. The number of hydrogen-bond acceptors (Lipinski definition) is 4. The number of nitrogens with zero attached hydrogens (tertiary/aromatic N) is 1. The Bertz CT molecular complexity index is 679. The van der Waals surface area contributed by atoms with E-state index < -0.39 is 4.92 Å². The molecule has 5 nitrogen and oxygen atoms in total. The Labute approximate surface area is 134 Å². The van der Waals surface area contributed by atoms with Crippen LogP contribution in [-0.4, -0.2) is 4.92 Å². The third kappa shape index (κ3) is 3.93. The molecule has 0 heterocycles. The van der Waals surface area contributed by atoms with Gasteiger partial charge >= 0.3 is 0 Å². The zero-order valence-corrected chi connectivity index (χ0v) is 13.2. The molecule has 0 saturated heterocycles. The van der Waals surface area contributed by atoms with Crippen LogP contribution in [0, 0.1) is 10.1 Å². The summed E-state index contributed by atoms with van der Waals surface area (Å²) in [6, 6.07) is 9.94. The minimum atomic E-state index is -0.476. The Kier molecular flexibility index (Phi) is 5.17. The first-order valence-corrected chi connectivity index (χ1v) is 7.22. The SMILES string of the molecule is NCc1cc(Br)ccc1OCc1ccc(Cl)cc1[N+](=O)[O-]. The van der Waals surface area contributed by atoms with E-state index in [4.69, 9.17) is 22.1 Å². The maximum absolute atomic E-state index is 11.0. The van der Waals surface area contributed by atoms with Crippen molar-refractivity contribution in [3.63, 3.8) is 0 Å². The number of nitrogens with two attached hydrogens (primary N) is 1. The highest BCUT2D eigenvalue weighted by Gasteiger charge is 2.15. The lowest BCUT2D eigenvalue weighted by Crippen LogP contribution is -2.04. The van der Waals surface area contributed by atoms with Gasteiger partial charge in [0, 0.05) is 27.7 Å². The first kappa shape index (κ1) is 15.8. The summed E-state index contributed by atoms with van der Waals surface area (Å²) in [5.74, 6) is 0.602. The lowest BCUT2D eigenvalue weighted by molar-refractivity contribution is -0.385. The molecule has 0 fully saturated rings. The van der Waals surface area contributed by atoms with Gasteiger partial charge < -0.3 is 10.5 Å². The normalized spacial score (nSPS) is 10.4. The van der Waals surface area contributed by atoms with Crippen molar-refractivity contribution in [2.24, 2.45) is 5.73 Å². The monoisotopic (exact) mass is 370 g/mol. The topological polar surface area (TPSA) is 78.4 Å². The molecule has 0 aliphatic heterocycles. The molecule has 0 spiro atoms. The molecule has 2 rings (SSSR count). The molecule has 2 aromatic rings. The number of nitro benzene ring substituents is 1. The molecule has 7 heteroatoms. The van der Waals surface area contributed by atoms with Gasteiger partial charge in [-0.1, -0.05) is 27.5 Å². The fourth-order valence-electron chi connectivity index (χ4n) is 1.83. The molecule has 2 aromatic carbocycles. The van der Waals surface area contributed by atoms with E-state index >= 15 is 0 Å². The summed E-state index contributed by atoms with van der Waals surface area (Å²) in [4.78, 5) is 10.5. The summed E-state index contributed by atoms with van der Waals surface area (Å²) in [5.41, 5.74) is 6.87. The Morgan fingerprint density at radius 1 is 1.24 bits per heavy atom. The van der Waals surface area contributed by atoms with Crippen molar-refractivity contribution in [2.45, 2.75) is 13.2 Å². The molecule has 0 radical (unpaired) electrons. The van der Waals surface area contributed by atoms with Gasteiger partial charge in [0.1, 0.15) is 12.4 Å². The van der Waals surface area contributed by atoms with Crippen molar-refractivity contribution in [3.05, 3.63) is 67.1 Å². The Hall–Kier alpha value is -1.63. The van der Waals surface area contributed by atoms with Crippen LogP contribution in [0.3, 0.4) is 0 Å². The van der Waals surface area contributed by atoms with Gasteiger partial charge in [-0.05, 0) is 30.3 Å². The van der Waals surface area contributed by atoms with Crippen LogP contribution in [0.5, 0.6) is 5.75 Å². The lowest BCUT2D eigenvalue weighted by atomic mass is 10.2. The van der Waals surface area contributed by atoms with Gasteiger partial charge in [-0.15, -0.1) is 0 Å². The second-order valence-corrected chi connectivity index (χ2v) is 5.63. The molecule has 0 atom stereocenters. The van der Waals surface area contributed by atoms with Gasteiger partial charge in [0.05, 0.1) is 10.5 Å². The van der Waals surface area contributed by atoms with E-state index in [-0.39, 0.29) is 12.3 Å². The van der Waals surface area contributed by atoms with Crippen LogP contribution in [0.15, 0.2) is 40.9 Å². The number of nitro groups is 1. The van der Waals surface area contributed by atoms with Crippen molar-refractivity contribution in [3.8, 4) is 5.75 Å². The van der Waals surface area contributed by atoms with Crippen molar-refractivity contribution in [1.29, 1.82) is 0 Å². The summed E-state index contributed by atoms with van der Waals surface area (Å²) in [6.45, 7) is 0.388. The van der Waals surface area contributed by atoms with E-state index in [9.17, 15) is 10.1 Å². The second-order valence-electron chi connectivity index (χ2n) is 4.27. The van der Waals surface area contributed by atoms with E-state index in [2.05, 4.69) is 15.9 Å². The Morgan fingerprint density at radius 2 is 2.00 bits per heavy atom. The van der Waals surface area contributed by atoms with Gasteiger partial charge in [0.2, 0.25) is 0 Å². The third-order valence-electron chi connectivity index (χ3n) is 2.87. The molecule has 0 aliphatic rings. The maximum Gasteiger partial charge on any atom is 0.277 e. The fourth-order valence-corrected chi connectivity index (χ4v) is 2.41. The highest BCUT2D eigenvalue weighted by Crippen LogP contribution is 2.27. The van der Waals surface area contributed by atoms with Gasteiger partial charge in [-0.2, -0.15) is 0 Å². The van der Waals surface area contributed by atoms with E-state index in [1.807, 2.05) is 12.1 Å². The molecule has 21 heavy (non-hydrogen) atoms. The largest absolute Gasteiger partial charge is 0.488 e. The predicted octanol–water partition coefficient (Wildman–Crippen LogP) is 4.05. The molecule has 0 aliphatic carbocycles. The van der Waals surface area contributed by atoms with Crippen LogP contribution >= 0.6 is 27.5 Å². The van der Waals surface area contributed by atoms with E-state index in [1.165, 1.54) is 6.07 Å². The first-order chi connectivity index (χ1) is 10.0. The Balaban J connectivity index is 2.22. The van der Waals surface area contributed by atoms with E-state index in [1.54, 1.807) is 18.2 Å². The number of rotatable bonds is 5. The standard InChI is InChI=1S/C14H12BrClN2O3/c15-11-2-4-14(10(5-11)7-17)21-8-9-1-3-12(16)6-13(9)18(19)20/h1-6H,7-8,17H2. The summed E-state index contributed by atoms with van der Waals surface area (Å²) >= 11 is 9.13. The van der Waals surface area contributed by atoms with Crippen LogP contribution in [0.4, 0.5) is 5.69 Å². The van der Waals surface area contributed by atoms with Gasteiger partial charge in [0.25, 0.3) is 5.69 Å². The average Bonchev–Trinajstić information content (AvgIpc) is 2.46. The highest BCUT2D eigenvalue weighted by atomic mass is 79.9. The van der Waals surface area contributed by atoms with Crippen molar-refractivity contribution in [1.82, 2.24) is 0 Å². The number of ether oxygens (including phenoxy) is 1. The molecular weight excluding hydrogens is 360 g/mol. The summed E-state index contributed by atoms with van der Waals surface area (Å²) in [5, 5.41) is 11.3. The van der Waals surface area contributed by atoms with Gasteiger partial charge in [-0.3, -0.25) is 10.1 Å². The molecule has 0 unspecified atom stereocenters. The minimum Gasteiger partial charge on any atom is -0.488 e. The fraction of sp³-hybridized carbons (Fsp3) is 0.143. The quantitative estimate of drug-likeness (QED) is 0.635. The molecule has 0 bridgehead atoms. The third-order valence-corrected chi connectivity index (χ3v) is 3.60. The molecule has 110 valence electrons. The molecule has 0 aromatic heterocycles. The van der Waals surface area contributed by atoms with Crippen LogP contribution in [-0.2, 0) is 13.2 Å². The number of halogens is 2. The van der Waals surface area contributed by atoms with Crippen LogP contribution in [0.1, 0.15) is 11.1 Å². The van der Waals surface area contributed by atoms with Crippen molar-refractivity contribution < 1.29 is 9.66 Å². The number of hydrogen-bond donors (Lipinski definition) is 1. The maximum atomic E-state index is 11.0. The zero-order chi connectivity index (χ0) is 15.4. The Morgan fingerprint density at radius 3 is 2.67 bits per heavy atom. The van der Waals surface area contributed by atoms with Crippen LogP contribution in [0.25, 0.3) is 0 Å². The predicted molar refractivity (Wildman–Crippen MR) is 84.5 cm³/mol. The molecule has 0 amide bonds. The van der Waals surface area contributed by atoms with Gasteiger partial charge in [-0.25, -0.2) is 0 Å². The van der Waals surface area contributed by atoms with E-state index in [0.717, 1.165) is 10.0 Å². The van der Waals surface area contributed by atoms with Crippen LogP contribution in [0.2, 0.25) is 5.02 Å². The minimum absolute atomic E-state index is 0.0612. The summed E-state index contributed by atoms with van der Waals surface area (Å²) in [7, 11) is 0. The highest BCUT2D eigenvalue weighted by molar-refractivity contribution is 9.10. The molecular formula is C14H12BrClN2O3. The zero-order valence-electron chi connectivity index (χ0n) is 10.9. The summed E-state index contributed by atoms with van der Waals surface area (Å²) < 4.78 is 6.55. The average molecular weight is 372 g/mol. The molecule has 2 N–H and O–H groups in total.